The molecule has 0 spiro atoms. The van der Waals surface area contributed by atoms with Crippen molar-refractivity contribution >= 4 is 12.0 Å². The highest BCUT2D eigenvalue weighted by Crippen LogP contribution is 2.13. The molecule has 1 amide bonds. The minimum atomic E-state index is 0.110. The number of rotatable bonds is 9. The Morgan fingerprint density at radius 1 is 1.15 bits per heavy atom. The highest BCUT2D eigenvalue weighted by Gasteiger charge is 2.05. The van der Waals surface area contributed by atoms with Gasteiger partial charge in [0.2, 0.25) is 5.91 Å². The Kier molecular flexibility index (Phi) is 8.44. The lowest BCUT2D eigenvalue weighted by atomic mass is 10.0. The van der Waals surface area contributed by atoms with Crippen molar-refractivity contribution in [2.24, 2.45) is 0 Å². The fraction of sp³-hybridized carbons (Fsp3) is 0.500. The van der Waals surface area contributed by atoms with E-state index in [0.29, 0.717) is 6.42 Å². The van der Waals surface area contributed by atoms with Crippen LogP contribution in [0.1, 0.15) is 57.1 Å². The second-order valence-electron chi connectivity index (χ2n) is 5.12. The van der Waals surface area contributed by atoms with E-state index in [9.17, 15) is 4.79 Å². The van der Waals surface area contributed by atoms with E-state index in [-0.39, 0.29) is 5.91 Å². The zero-order valence-electron chi connectivity index (χ0n) is 12.8. The lowest BCUT2D eigenvalue weighted by Gasteiger charge is -2.07. The second-order valence-corrected chi connectivity index (χ2v) is 5.12. The van der Waals surface area contributed by atoms with Crippen LogP contribution in [0.5, 0.6) is 0 Å². The van der Waals surface area contributed by atoms with Crippen LogP contribution in [0, 0.1) is 0 Å². The van der Waals surface area contributed by atoms with E-state index in [4.69, 9.17) is 0 Å². The Morgan fingerprint density at radius 2 is 1.95 bits per heavy atom. The number of benzene rings is 1. The summed E-state index contributed by atoms with van der Waals surface area (Å²) in [4.78, 5) is 11.8. The van der Waals surface area contributed by atoms with Gasteiger partial charge in [-0.25, -0.2) is 0 Å². The quantitative estimate of drug-likeness (QED) is 0.666. The molecule has 0 saturated carbocycles. The molecule has 0 radical (unpaired) electrons. The van der Waals surface area contributed by atoms with Gasteiger partial charge >= 0.3 is 0 Å². The minimum absolute atomic E-state index is 0.110. The van der Waals surface area contributed by atoms with Crippen LogP contribution in [-0.2, 0) is 11.2 Å². The zero-order chi connectivity index (χ0) is 14.6. The molecule has 0 bridgehead atoms. The lowest BCUT2D eigenvalue weighted by molar-refractivity contribution is -0.120. The summed E-state index contributed by atoms with van der Waals surface area (Å²) in [6, 6.07) is 8.14. The molecule has 110 valence electrons. The standard InChI is InChI=1S/C18H27NO/c1-3-5-6-7-8-11-16-12-9-10-13-17(16)15-18(20)19-14-4-2/h8-13H,3-7,14-15H2,1-2H3,(H,19,20)/b11-8-. The van der Waals surface area contributed by atoms with Crippen LogP contribution in [0.25, 0.3) is 6.08 Å². The first-order valence-electron chi connectivity index (χ1n) is 7.79. The van der Waals surface area contributed by atoms with Crippen LogP contribution in [-0.4, -0.2) is 12.5 Å². The van der Waals surface area contributed by atoms with Gasteiger partial charge in [-0.1, -0.05) is 63.1 Å². The Bertz CT molecular complexity index is 423. The molecule has 1 aromatic carbocycles. The third-order valence-electron chi connectivity index (χ3n) is 3.25. The molecule has 0 unspecified atom stereocenters. The van der Waals surface area contributed by atoms with Crippen LogP contribution in [0.15, 0.2) is 30.3 Å². The maximum Gasteiger partial charge on any atom is 0.224 e. The topological polar surface area (TPSA) is 29.1 Å². The van der Waals surface area contributed by atoms with E-state index in [1.165, 1.54) is 19.3 Å². The van der Waals surface area contributed by atoms with Crippen molar-refractivity contribution < 1.29 is 4.79 Å². The van der Waals surface area contributed by atoms with Gasteiger partial charge in [0.1, 0.15) is 0 Å². The van der Waals surface area contributed by atoms with Gasteiger partial charge in [0.05, 0.1) is 6.42 Å². The van der Waals surface area contributed by atoms with Gasteiger partial charge < -0.3 is 5.32 Å². The lowest BCUT2D eigenvalue weighted by Crippen LogP contribution is -2.25. The Hall–Kier alpha value is -1.57. The summed E-state index contributed by atoms with van der Waals surface area (Å²) in [6.07, 6.45) is 10.7. The molecular formula is C18H27NO. The molecule has 0 aliphatic heterocycles. The van der Waals surface area contributed by atoms with E-state index in [2.05, 4.69) is 37.4 Å². The monoisotopic (exact) mass is 273 g/mol. The van der Waals surface area contributed by atoms with Crippen LogP contribution in [0.2, 0.25) is 0 Å². The Balaban J connectivity index is 2.56. The van der Waals surface area contributed by atoms with Crippen molar-refractivity contribution in [3.05, 3.63) is 41.5 Å². The predicted molar refractivity (Wildman–Crippen MR) is 86.6 cm³/mol. The molecule has 1 aromatic rings. The summed E-state index contributed by atoms with van der Waals surface area (Å²) in [6.45, 7) is 5.04. The molecular weight excluding hydrogens is 246 g/mol. The van der Waals surface area contributed by atoms with Gasteiger partial charge in [-0.2, -0.15) is 0 Å². The van der Waals surface area contributed by atoms with Gasteiger partial charge in [0.15, 0.2) is 0 Å². The summed E-state index contributed by atoms with van der Waals surface area (Å²) in [5.74, 6) is 0.110. The first-order chi connectivity index (χ1) is 9.77. The number of nitrogens with one attached hydrogen (secondary N) is 1. The highest BCUT2D eigenvalue weighted by molar-refractivity contribution is 5.79. The van der Waals surface area contributed by atoms with Crippen LogP contribution in [0.4, 0.5) is 0 Å². The summed E-state index contributed by atoms with van der Waals surface area (Å²) in [5.41, 5.74) is 2.27. The average Bonchev–Trinajstić information content (AvgIpc) is 2.46. The van der Waals surface area contributed by atoms with Crippen molar-refractivity contribution in [1.82, 2.24) is 5.32 Å². The van der Waals surface area contributed by atoms with Crippen LogP contribution in [0.3, 0.4) is 0 Å². The Labute approximate surface area is 123 Å². The van der Waals surface area contributed by atoms with Gasteiger partial charge in [0.25, 0.3) is 0 Å². The van der Waals surface area contributed by atoms with E-state index < -0.39 is 0 Å². The molecule has 2 nitrogen and oxygen atoms in total. The summed E-state index contributed by atoms with van der Waals surface area (Å²) in [5, 5.41) is 2.93. The minimum Gasteiger partial charge on any atom is -0.356 e. The average molecular weight is 273 g/mol. The molecule has 1 rings (SSSR count). The van der Waals surface area contributed by atoms with Gasteiger partial charge in [-0.3, -0.25) is 4.79 Å². The molecule has 2 heteroatoms. The third kappa shape index (κ3) is 6.55. The molecule has 0 atom stereocenters. The van der Waals surface area contributed by atoms with Crippen molar-refractivity contribution in [2.75, 3.05) is 6.54 Å². The van der Waals surface area contributed by atoms with Gasteiger partial charge in [-0.15, -0.1) is 0 Å². The van der Waals surface area contributed by atoms with E-state index in [1.54, 1.807) is 0 Å². The third-order valence-corrected chi connectivity index (χ3v) is 3.25. The van der Waals surface area contributed by atoms with Crippen molar-refractivity contribution in [1.29, 1.82) is 0 Å². The van der Waals surface area contributed by atoms with Gasteiger partial charge in [0, 0.05) is 6.54 Å². The highest BCUT2D eigenvalue weighted by atomic mass is 16.1. The summed E-state index contributed by atoms with van der Waals surface area (Å²) < 4.78 is 0. The molecule has 0 fully saturated rings. The van der Waals surface area contributed by atoms with E-state index in [1.807, 2.05) is 18.2 Å². The van der Waals surface area contributed by atoms with Crippen molar-refractivity contribution in [2.45, 2.75) is 52.4 Å². The second kappa shape index (κ2) is 10.2. The Morgan fingerprint density at radius 3 is 2.70 bits per heavy atom. The molecule has 0 aliphatic rings. The van der Waals surface area contributed by atoms with Gasteiger partial charge in [-0.05, 0) is 30.4 Å². The van der Waals surface area contributed by atoms with Crippen molar-refractivity contribution in [3.63, 3.8) is 0 Å². The maximum absolute atomic E-state index is 11.8. The molecule has 0 saturated heterocycles. The first-order valence-corrected chi connectivity index (χ1v) is 7.79. The predicted octanol–water partition coefficient (Wildman–Crippen LogP) is 4.35. The van der Waals surface area contributed by atoms with Crippen molar-refractivity contribution in [3.8, 4) is 0 Å². The summed E-state index contributed by atoms with van der Waals surface area (Å²) >= 11 is 0. The SMILES string of the molecule is CCCCC/C=C\c1ccccc1CC(=O)NCCC. The first kappa shape index (κ1) is 16.5. The number of allylic oxidation sites excluding steroid dienone is 1. The summed E-state index contributed by atoms with van der Waals surface area (Å²) in [7, 11) is 0. The molecule has 0 aromatic heterocycles. The molecule has 20 heavy (non-hydrogen) atoms. The fourth-order valence-corrected chi connectivity index (χ4v) is 2.08. The number of carbonyl (C=O) groups excluding carboxylic acids is 1. The molecule has 0 aliphatic carbocycles. The molecule has 0 heterocycles. The van der Waals surface area contributed by atoms with E-state index in [0.717, 1.165) is 30.5 Å². The maximum atomic E-state index is 11.8. The van der Waals surface area contributed by atoms with Crippen LogP contribution < -0.4 is 5.32 Å². The molecule has 1 N–H and O–H groups in total. The normalized spacial score (nSPS) is 10.9. The number of amides is 1. The smallest absolute Gasteiger partial charge is 0.224 e. The van der Waals surface area contributed by atoms with Crippen LogP contribution >= 0.6 is 0 Å². The number of hydrogen-bond donors (Lipinski definition) is 1. The number of hydrogen-bond acceptors (Lipinski definition) is 1. The fourth-order valence-electron chi connectivity index (χ4n) is 2.08. The zero-order valence-corrected chi connectivity index (χ0v) is 12.8. The largest absolute Gasteiger partial charge is 0.356 e. The van der Waals surface area contributed by atoms with E-state index >= 15 is 0 Å². The number of carbonyl (C=O) groups is 1. The number of unbranched alkanes of at least 4 members (excludes halogenated alkanes) is 3.